The standard InChI is InChI=1S/C19H39NO4/c1-14(16(23)24-12-15(22)11-21)10-19(7,20)9-8-18(5,6)13-17(2,3)4/h14-15,21-22H,8-13,20H2,1-7H3. The van der Waals surface area contributed by atoms with Crippen molar-refractivity contribution >= 4 is 5.97 Å². The minimum Gasteiger partial charge on any atom is -0.463 e. The van der Waals surface area contributed by atoms with Crippen LogP contribution in [0.1, 0.15) is 74.1 Å². The summed E-state index contributed by atoms with van der Waals surface area (Å²) in [4.78, 5) is 12.0. The molecule has 0 spiro atoms. The topological polar surface area (TPSA) is 92.8 Å². The average Bonchev–Trinajstić information content (AvgIpc) is 2.39. The monoisotopic (exact) mass is 345 g/mol. The van der Waals surface area contributed by atoms with E-state index in [1.807, 2.05) is 6.92 Å². The van der Waals surface area contributed by atoms with Crippen LogP contribution < -0.4 is 5.73 Å². The van der Waals surface area contributed by atoms with E-state index >= 15 is 0 Å². The Morgan fingerprint density at radius 1 is 1.12 bits per heavy atom. The normalized spacial score (nSPS) is 17.9. The molecular weight excluding hydrogens is 306 g/mol. The van der Waals surface area contributed by atoms with Crippen LogP contribution in [0.25, 0.3) is 0 Å². The van der Waals surface area contributed by atoms with E-state index in [0.717, 1.165) is 19.3 Å². The molecule has 5 nitrogen and oxygen atoms in total. The number of rotatable bonds is 10. The molecule has 0 heterocycles. The van der Waals surface area contributed by atoms with Gasteiger partial charge in [0.25, 0.3) is 0 Å². The van der Waals surface area contributed by atoms with E-state index in [1.165, 1.54) is 0 Å². The lowest BCUT2D eigenvalue weighted by atomic mass is 9.71. The summed E-state index contributed by atoms with van der Waals surface area (Å²) in [7, 11) is 0. The Morgan fingerprint density at radius 3 is 2.12 bits per heavy atom. The molecule has 0 saturated heterocycles. The molecule has 0 aromatic rings. The van der Waals surface area contributed by atoms with Gasteiger partial charge in [0.2, 0.25) is 0 Å². The molecule has 0 aliphatic rings. The highest BCUT2D eigenvalue weighted by Gasteiger charge is 2.31. The summed E-state index contributed by atoms with van der Waals surface area (Å²) in [5.74, 6) is -0.718. The number of carbonyl (C=O) groups is 1. The minimum atomic E-state index is -1.02. The molecule has 144 valence electrons. The lowest BCUT2D eigenvalue weighted by Crippen LogP contribution is -2.41. The summed E-state index contributed by atoms with van der Waals surface area (Å²) in [6.07, 6.45) is 2.47. The van der Waals surface area contributed by atoms with E-state index in [0.29, 0.717) is 6.42 Å². The SMILES string of the molecule is CC(CC(C)(N)CCC(C)(C)CC(C)(C)C)C(=O)OCC(O)CO. The summed E-state index contributed by atoms with van der Waals surface area (Å²) < 4.78 is 5.01. The second-order valence-corrected chi connectivity index (χ2v) is 9.63. The average molecular weight is 346 g/mol. The Bertz CT molecular complexity index is 385. The number of esters is 1. The van der Waals surface area contributed by atoms with Crippen molar-refractivity contribution in [2.45, 2.75) is 85.8 Å². The highest BCUT2D eigenvalue weighted by atomic mass is 16.5. The first kappa shape index (κ1) is 23.4. The number of ether oxygens (including phenoxy) is 1. The molecule has 5 heteroatoms. The molecule has 0 aliphatic heterocycles. The molecule has 0 bridgehead atoms. The van der Waals surface area contributed by atoms with Crippen LogP contribution in [-0.4, -0.2) is 41.0 Å². The van der Waals surface area contributed by atoms with Gasteiger partial charge in [0.1, 0.15) is 12.7 Å². The number of aliphatic hydroxyl groups is 2. The maximum atomic E-state index is 12.0. The van der Waals surface area contributed by atoms with E-state index in [1.54, 1.807) is 6.92 Å². The first-order valence-corrected chi connectivity index (χ1v) is 8.92. The van der Waals surface area contributed by atoms with Crippen molar-refractivity contribution in [3.63, 3.8) is 0 Å². The molecule has 0 aromatic heterocycles. The number of nitrogens with two attached hydrogens (primary N) is 1. The van der Waals surface area contributed by atoms with Crippen LogP contribution in [0.2, 0.25) is 0 Å². The molecule has 0 rings (SSSR count). The lowest BCUT2D eigenvalue weighted by molar-refractivity contribution is -0.152. The zero-order valence-electron chi connectivity index (χ0n) is 16.7. The van der Waals surface area contributed by atoms with Gasteiger partial charge in [-0.05, 0) is 43.4 Å². The molecule has 0 saturated carbocycles. The minimum absolute atomic E-state index is 0.181. The molecular formula is C19H39NO4. The summed E-state index contributed by atoms with van der Waals surface area (Å²) in [5.41, 5.74) is 6.45. The Labute approximate surface area is 148 Å². The van der Waals surface area contributed by atoms with Gasteiger partial charge in [0.15, 0.2) is 0 Å². The van der Waals surface area contributed by atoms with Crippen LogP contribution in [0.4, 0.5) is 0 Å². The fourth-order valence-corrected chi connectivity index (χ4v) is 3.41. The second kappa shape index (κ2) is 9.16. The summed E-state index contributed by atoms with van der Waals surface area (Å²) in [6.45, 7) is 14.4. The molecule has 3 unspecified atom stereocenters. The Morgan fingerprint density at radius 2 is 1.67 bits per heavy atom. The second-order valence-electron chi connectivity index (χ2n) is 9.63. The number of aliphatic hydroxyl groups excluding tert-OH is 2. The van der Waals surface area contributed by atoms with Gasteiger partial charge in [-0.2, -0.15) is 0 Å². The van der Waals surface area contributed by atoms with Gasteiger partial charge in [-0.25, -0.2) is 0 Å². The Balaban J connectivity index is 4.44. The molecule has 24 heavy (non-hydrogen) atoms. The van der Waals surface area contributed by atoms with Crippen LogP contribution in [0.3, 0.4) is 0 Å². The fourth-order valence-electron chi connectivity index (χ4n) is 3.41. The van der Waals surface area contributed by atoms with Gasteiger partial charge in [-0.3, -0.25) is 4.79 Å². The molecule has 0 radical (unpaired) electrons. The van der Waals surface area contributed by atoms with E-state index in [2.05, 4.69) is 34.6 Å². The van der Waals surface area contributed by atoms with Crippen LogP contribution >= 0.6 is 0 Å². The van der Waals surface area contributed by atoms with Gasteiger partial charge < -0.3 is 20.7 Å². The number of carbonyl (C=O) groups excluding carboxylic acids is 1. The molecule has 0 aromatic carbocycles. The van der Waals surface area contributed by atoms with Crippen LogP contribution in [0, 0.1) is 16.7 Å². The highest BCUT2D eigenvalue weighted by Crippen LogP contribution is 2.38. The smallest absolute Gasteiger partial charge is 0.308 e. The largest absolute Gasteiger partial charge is 0.463 e. The van der Waals surface area contributed by atoms with Crippen molar-refractivity contribution in [2.24, 2.45) is 22.5 Å². The molecule has 4 N–H and O–H groups in total. The lowest BCUT2D eigenvalue weighted by Gasteiger charge is -2.36. The summed E-state index contributed by atoms with van der Waals surface area (Å²) in [5, 5.41) is 18.0. The quantitative estimate of drug-likeness (QED) is 0.529. The number of hydrogen-bond acceptors (Lipinski definition) is 5. The number of hydrogen-bond donors (Lipinski definition) is 3. The first-order chi connectivity index (χ1) is 10.7. The van der Waals surface area contributed by atoms with E-state index in [4.69, 9.17) is 15.6 Å². The van der Waals surface area contributed by atoms with Gasteiger partial charge >= 0.3 is 5.97 Å². The Hall–Kier alpha value is -0.650. The predicted molar refractivity (Wildman–Crippen MR) is 97.5 cm³/mol. The van der Waals surface area contributed by atoms with Gasteiger partial charge in [-0.1, -0.05) is 41.5 Å². The third-order valence-electron chi connectivity index (χ3n) is 4.19. The van der Waals surface area contributed by atoms with Crippen LogP contribution in [0.5, 0.6) is 0 Å². The third-order valence-corrected chi connectivity index (χ3v) is 4.19. The zero-order valence-corrected chi connectivity index (χ0v) is 16.7. The fraction of sp³-hybridized carbons (Fsp3) is 0.947. The highest BCUT2D eigenvalue weighted by molar-refractivity contribution is 5.72. The summed E-state index contributed by atoms with van der Waals surface area (Å²) >= 11 is 0. The van der Waals surface area contributed by atoms with Crippen molar-refractivity contribution in [1.29, 1.82) is 0 Å². The predicted octanol–water partition coefficient (Wildman–Crippen LogP) is 2.87. The molecule has 0 aliphatic carbocycles. The van der Waals surface area contributed by atoms with Crippen LogP contribution in [-0.2, 0) is 9.53 Å². The van der Waals surface area contributed by atoms with Crippen molar-refractivity contribution in [3.05, 3.63) is 0 Å². The zero-order chi connectivity index (χ0) is 19.2. The van der Waals surface area contributed by atoms with Crippen molar-refractivity contribution in [3.8, 4) is 0 Å². The van der Waals surface area contributed by atoms with Crippen molar-refractivity contribution in [2.75, 3.05) is 13.2 Å². The van der Waals surface area contributed by atoms with E-state index < -0.39 is 18.2 Å². The van der Waals surface area contributed by atoms with Gasteiger partial charge in [-0.15, -0.1) is 0 Å². The van der Waals surface area contributed by atoms with Gasteiger partial charge in [0.05, 0.1) is 12.5 Å². The maximum Gasteiger partial charge on any atom is 0.308 e. The third kappa shape index (κ3) is 11.0. The molecule has 3 atom stereocenters. The van der Waals surface area contributed by atoms with Crippen molar-refractivity contribution < 1.29 is 19.7 Å². The molecule has 0 fully saturated rings. The van der Waals surface area contributed by atoms with Crippen molar-refractivity contribution in [1.82, 2.24) is 0 Å². The van der Waals surface area contributed by atoms with E-state index in [-0.39, 0.29) is 29.3 Å². The maximum absolute atomic E-state index is 12.0. The van der Waals surface area contributed by atoms with Gasteiger partial charge in [0, 0.05) is 5.54 Å². The Kier molecular flexibility index (Phi) is 8.91. The van der Waals surface area contributed by atoms with E-state index in [9.17, 15) is 9.90 Å². The first-order valence-electron chi connectivity index (χ1n) is 8.92. The summed E-state index contributed by atoms with van der Waals surface area (Å²) in [6, 6.07) is 0. The van der Waals surface area contributed by atoms with Crippen LogP contribution in [0.15, 0.2) is 0 Å². The molecule has 0 amide bonds.